The average Bonchev–Trinajstić information content (AvgIpc) is 2.99. The molecule has 2 rings (SSSR count). The first kappa shape index (κ1) is 21.5. The Morgan fingerprint density at radius 1 is 1.14 bits per heavy atom. The third kappa shape index (κ3) is 5.58. The maximum absolute atomic E-state index is 12.3. The molecule has 1 heterocycles. The van der Waals surface area contributed by atoms with Crippen molar-refractivity contribution in [2.45, 2.75) is 53.5 Å². The molecule has 0 aliphatic rings. The van der Waals surface area contributed by atoms with Gasteiger partial charge in [0.1, 0.15) is 5.76 Å². The molecule has 0 radical (unpaired) electrons. The number of hydrogen-bond acceptors (Lipinski definition) is 4. The Bertz CT molecular complexity index is 775. The van der Waals surface area contributed by atoms with Crippen LogP contribution in [0.5, 0.6) is 0 Å². The van der Waals surface area contributed by atoms with Crippen LogP contribution >= 0.6 is 0 Å². The van der Waals surface area contributed by atoms with E-state index in [1.807, 2.05) is 58.9 Å². The number of carbonyl (C=O) groups is 2. The molecule has 0 bridgehead atoms. The minimum absolute atomic E-state index is 0.0218. The van der Waals surface area contributed by atoms with Crippen molar-refractivity contribution in [2.24, 2.45) is 0 Å². The molecule has 0 saturated heterocycles. The Morgan fingerprint density at radius 2 is 1.79 bits per heavy atom. The molecule has 0 aliphatic carbocycles. The number of nitrogens with zero attached hydrogens (tertiary/aromatic N) is 2. The van der Waals surface area contributed by atoms with Crippen LogP contribution in [0, 0.1) is 13.8 Å². The smallest absolute Gasteiger partial charge is 0.321 e. The second-order valence-corrected chi connectivity index (χ2v) is 6.82. The van der Waals surface area contributed by atoms with Gasteiger partial charge in [0.05, 0.1) is 11.7 Å². The van der Waals surface area contributed by atoms with Crippen LogP contribution in [0.3, 0.4) is 0 Å². The molecule has 1 aromatic heterocycles. The minimum Gasteiger partial charge on any atom is -0.361 e. The largest absolute Gasteiger partial charge is 0.361 e. The van der Waals surface area contributed by atoms with Crippen molar-refractivity contribution in [3.63, 3.8) is 0 Å². The first-order valence-corrected chi connectivity index (χ1v) is 9.72. The highest BCUT2D eigenvalue weighted by Crippen LogP contribution is 2.18. The fraction of sp³-hybridized carbons (Fsp3) is 0.476. The van der Waals surface area contributed by atoms with Crippen molar-refractivity contribution in [3.8, 4) is 0 Å². The van der Waals surface area contributed by atoms with Crippen molar-refractivity contribution in [2.75, 3.05) is 18.4 Å². The summed E-state index contributed by atoms with van der Waals surface area (Å²) in [6, 6.07) is 7.30. The van der Waals surface area contributed by atoms with E-state index in [0.717, 1.165) is 28.3 Å². The van der Waals surface area contributed by atoms with Gasteiger partial charge in [0.25, 0.3) is 0 Å². The zero-order valence-electron chi connectivity index (χ0n) is 17.3. The fourth-order valence-electron chi connectivity index (χ4n) is 3.06. The van der Waals surface area contributed by atoms with Crippen molar-refractivity contribution < 1.29 is 14.1 Å². The second kappa shape index (κ2) is 9.92. The molecule has 7 heteroatoms. The molecule has 7 nitrogen and oxygen atoms in total. The first-order valence-electron chi connectivity index (χ1n) is 9.72. The van der Waals surface area contributed by atoms with Gasteiger partial charge in [-0.05, 0) is 58.7 Å². The van der Waals surface area contributed by atoms with Crippen LogP contribution in [0.2, 0.25) is 0 Å². The van der Waals surface area contributed by atoms with E-state index in [9.17, 15) is 9.59 Å². The summed E-state index contributed by atoms with van der Waals surface area (Å²) in [4.78, 5) is 26.1. The highest BCUT2D eigenvalue weighted by molar-refractivity contribution is 5.89. The van der Waals surface area contributed by atoms with Gasteiger partial charge in [0.15, 0.2) is 0 Å². The summed E-state index contributed by atoms with van der Waals surface area (Å²) in [7, 11) is 0. The second-order valence-electron chi connectivity index (χ2n) is 6.82. The molecule has 0 fully saturated rings. The third-order valence-electron chi connectivity index (χ3n) is 4.87. The number of anilines is 1. The van der Waals surface area contributed by atoms with Crippen molar-refractivity contribution in [1.29, 1.82) is 0 Å². The monoisotopic (exact) mass is 386 g/mol. The molecule has 0 aliphatic heterocycles. The molecule has 1 unspecified atom stereocenters. The summed E-state index contributed by atoms with van der Waals surface area (Å²) in [6.07, 6.45) is 0.987. The summed E-state index contributed by atoms with van der Waals surface area (Å²) >= 11 is 0. The lowest BCUT2D eigenvalue weighted by Gasteiger charge is -2.19. The van der Waals surface area contributed by atoms with Gasteiger partial charge in [-0.3, -0.25) is 4.79 Å². The molecule has 1 aromatic carbocycles. The molecule has 2 N–H and O–H groups in total. The van der Waals surface area contributed by atoms with E-state index in [2.05, 4.69) is 15.8 Å². The van der Waals surface area contributed by atoms with Gasteiger partial charge in [-0.2, -0.15) is 0 Å². The van der Waals surface area contributed by atoms with E-state index in [1.54, 1.807) is 4.90 Å². The lowest BCUT2D eigenvalue weighted by molar-refractivity contribution is -0.121. The maximum atomic E-state index is 12.3. The van der Waals surface area contributed by atoms with E-state index in [1.165, 1.54) is 0 Å². The molecular weight excluding hydrogens is 356 g/mol. The summed E-state index contributed by atoms with van der Waals surface area (Å²) in [5, 5.41) is 9.80. The van der Waals surface area contributed by atoms with Crippen LogP contribution in [-0.4, -0.2) is 35.1 Å². The lowest BCUT2D eigenvalue weighted by Crippen LogP contribution is -2.34. The van der Waals surface area contributed by atoms with Crippen LogP contribution in [0.1, 0.15) is 55.8 Å². The van der Waals surface area contributed by atoms with Gasteiger partial charge in [-0.25, -0.2) is 4.79 Å². The normalized spacial score (nSPS) is 11.8. The fourth-order valence-corrected chi connectivity index (χ4v) is 3.06. The summed E-state index contributed by atoms with van der Waals surface area (Å²) in [5.41, 5.74) is 3.54. The Morgan fingerprint density at radius 3 is 2.32 bits per heavy atom. The zero-order valence-corrected chi connectivity index (χ0v) is 17.3. The Kier molecular flexibility index (Phi) is 7.61. The summed E-state index contributed by atoms with van der Waals surface area (Å²) in [5.74, 6) is 0.743. The van der Waals surface area contributed by atoms with Gasteiger partial charge in [0.2, 0.25) is 5.91 Å². The topological polar surface area (TPSA) is 87.5 Å². The van der Waals surface area contributed by atoms with E-state index >= 15 is 0 Å². The third-order valence-corrected chi connectivity index (χ3v) is 4.87. The predicted octanol–water partition coefficient (Wildman–Crippen LogP) is 3.98. The zero-order chi connectivity index (χ0) is 20.7. The first-order chi connectivity index (χ1) is 13.3. The van der Waals surface area contributed by atoms with Crippen molar-refractivity contribution in [1.82, 2.24) is 15.4 Å². The number of urea groups is 1. The van der Waals surface area contributed by atoms with E-state index in [-0.39, 0.29) is 18.0 Å². The molecule has 0 spiro atoms. The molecule has 0 saturated carbocycles. The standard InChI is InChI=1S/C21H30N4O3/c1-6-25(7-2)21(27)23-18-10-8-17(9-11-18)14(3)22-20(26)13-12-19-15(4)24-28-16(19)5/h8-11,14H,6-7,12-13H2,1-5H3,(H,22,26)(H,23,27). The van der Waals surface area contributed by atoms with Crippen LogP contribution in [-0.2, 0) is 11.2 Å². The van der Waals surface area contributed by atoms with E-state index in [0.29, 0.717) is 25.9 Å². The predicted molar refractivity (Wildman–Crippen MR) is 109 cm³/mol. The Balaban J connectivity index is 1.87. The number of carbonyl (C=O) groups excluding carboxylic acids is 2. The van der Waals surface area contributed by atoms with Crippen LogP contribution < -0.4 is 10.6 Å². The maximum Gasteiger partial charge on any atom is 0.321 e. The number of aromatic nitrogens is 1. The number of benzene rings is 1. The van der Waals surface area contributed by atoms with Crippen LogP contribution in [0.15, 0.2) is 28.8 Å². The van der Waals surface area contributed by atoms with E-state index < -0.39 is 0 Å². The molecule has 2 aromatic rings. The minimum atomic E-state index is -0.121. The number of nitrogens with one attached hydrogen (secondary N) is 2. The highest BCUT2D eigenvalue weighted by atomic mass is 16.5. The van der Waals surface area contributed by atoms with Crippen molar-refractivity contribution in [3.05, 3.63) is 46.8 Å². The Hall–Kier alpha value is -2.83. The van der Waals surface area contributed by atoms with Gasteiger partial charge < -0.3 is 20.1 Å². The van der Waals surface area contributed by atoms with E-state index in [4.69, 9.17) is 4.52 Å². The number of hydrogen-bond donors (Lipinski definition) is 2. The molecule has 152 valence electrons. The number of rotatable bonds is 8. The van der Waals surface area contributed by atoms with Gasteiger partial charge in [0, 0.05) is 30.8 Å². The summed E-state index contributed by atoms with van der Waals surface area (Å²) in [6.45, 7) is 10.9. The molecule has 3 amide bonds. The highest BCUT2D eigenvalue weighted by Gasteiger charge is 2.14. The Labute approximate surface area is 166 Å². The average molecular weight is 386 g/mol. The summed E-state index contributed by atoms with van der Waals surface area (Å²) < 4.78 is 5.13. The number of aryl methyl sites for hydroxylation is 2. The number of amides is 3. The quantitative estimate of drug-likeness (QED) is 0.718. The van der Waals surface area contributed by atoms with Gasteiger partial charge >= 0.3 is 6.03 Å². The van der Waals surface area contributed by atoms with Gasteiger partial charge in [-0.15, -0.1) is 0 Å². The van der Waals surface area contributed by atoms with Crippen molar-refractivity contribution >= 4 is 17.6 Å². The molecular formula is C21H30N4O3. The SMILES string of the molecule is CCN(CC)C(=O)Nc1ccc(C(C)NC(=O)CCc2c(C)noc2C)cc1. The van der Waals surface area contributed by atoms with Crippen LogP contribution in [0.25, 0.3) is 0 Å². The van der Waals surface area contributed by atoms with Gasteiger partial charge in [-0.1, -0.05) is 17.3 Å². The molecule has 1 atom stereocenters. The van der Waals surface area contributed by atoms with Crippen LogP contribution in [0.4, 0.5) is 10.5 Å². The lowest BCUT2D eigenvalue weighted by atomic mass is 10.1. The molecule has 28 heavy (non-hydrogen) atoms.